The molecule has 1 N–H and O–H groups in total. The molecule has 0 aliphatic carbocycles. The molecule has 0 saturated carbocycles. The van der Waals surface area contributed by atoms with Gasteiger partial charge in [-0.15, -0.1) is 0 Å². The Balaban J connectivity index is 3.04. The summed E-state index contributed by atoms with van der Waals surface area (Å²) in [5, 5.41) is 14.0. The first-order chi connectivity index (χ1) is 9.42. The largest absolute Gasteiger partial charge is 0.458 e. The number of nitrogens with one attached hydrogen (secondary N) is 1. The maximum atomic E-state index is 12.2. The topological polar surface area (TPSA) is 81.5 Å². The van der Waals surface area contributed by atoms with E-state index in [-0.39, 0.29) is 11.4 Å². The predicted molar refractivity (Wildman–Crippen MR) is 84.3 cm³/mol. The van der Waals surface area contributed by atoms with Gasteiger partial charge in [-0.3, -0.25) is 10.1 Å². The van der Waals surface area contributed by atoms with Crippen molar-refractivity contribution < 1.29 is 14.5 Å². The quantitative estimate of drug-likeness (QED) is 0.501. The maximum absolute atomic E-state index is 12.2. The summed E-state index contributed by atoms with van der Waals surface area (Å²) in [7, 11) is 0. The van der Waals surface area contributed by atoms with Crippen molar-refractivity contribution in [2.24, 2.45) is 0 Å². The molecule has 0 aliphatic rings. The number of nitro groups is 1. The summed E-state index contributed by atoms with van der Waals surface area (Å²) in [5.41, 5.74) is -1.56. The molecule has 0 heterocycles. The molecule has 0 amide bonds. The molecule has 0 spiro atoms. The van der Waals surface area contributed by atoms with Crippen molar-refractivity contribution in [3.8, 4) is 0 Å². The summed E-state index contributed by atoms with van der Waals surface area (Å²) in [5.74, 6) is -0.479. The third-order valence-corrected chi connectivity index (χ3v) is 3.01. The van der Waals surface area contributed by atoms with Crippen LogP contribution < -0.4 is 5.32 Å². The first-order valence-corrected chi connectivity index (χ1v) is 7.17. The van der Waals surface area contributed by atoms with Crippen LogP contribution in [0.4, 0.5) is 11.4 Å². The molecule has 0 saturated heterocycles. The van der Waals surface area contributed by atoms with Gasteiger partial charge in [0.05, 0.1) is 4.92 Å². The molecule has 1 aromatic rings. The van der Waals surface area contributed by atoms with E-state index >= 15 is 0 Å². The zero-order chi connectivity index (χ0) is 16.4. The standard InChI is InChI=1S/C14H19BrN2O4/c1-13(2,3)21-12(18)14(4,5)16-10-7-6-9(15)8-11(10)17(19)20/h6-8,16H,1-5H3. The first-order valence-electron chi connectivity index (χ1n) is 6.38. The third kappa shape index (κ3) is 5.00. The molecule has 0 aromatic heterocycles. The number of halogens is 1. The SMILES string of the molecule is CC(C)(C)OC(=O)C(C)(C)Nc1ccc(Br)cc1[N+](=O)[O-]. The van der Waals surface area contributed by atoms with E-state index in [9.17, 15) is 14.9 Å². The highest BCUT2D eigenvalue weighted by atomic mass is 79.9. The van der Waals surface area contributed by atoms with Gasteiger partial charge in [-0.05, 0) is 46.8 Å². The fourth-order valence-corrected chi connectivity index (χ4v) is 1.90. The Kier molecular flexibility index (Phi) is 4.99. The number of benzene rings is 1. The number of carbonyl (C=O) groups excluding carboxylic acids is 1. The summed E-state index contributed by atoms with van der Waals surface area (Å²) in [6, 6.07) is 4.60. The van der Waals surface area contributed by atoms with Gasteiger partial charge in [0.15, 0.2) is 0 Å². The molecule has 0 unspecified atom stereocenters. The van der Waals surface area contributed by atoms with Crippen LogP contribution in [0.5, 0.6) is 0 Å². The van der Waals surface area contributed by atoms with Crippen LogP contribution in [-0.4, -0.2) is 22.0 Å². The van der Waals surface area contributed by atoms with E-state index in [1.165, 1.54) is 6.07 Å². The highest BCUT2D eigenvalue weighted by Gasteiger charge is 2.34. The molecule has 0 bridgehead atoms. The molecule has 7 heteroatoms. The molecule has 6 nitrogen and oxygen atoms in total. The number of ether oxygens (including phenoxy) is 1. The summed E-state index contributed by atoms with van der Waals surface area (Å²) in [4.78, 5) is 22.8. The molecule has 0 radical (unpaired) electrons. The van der Waals surface area contributed by atoms with Crippen molar-refractivity contribution >= 4 is 33.3 Å². The molecule has 116 valence electrons. The number of hydrogen-bond donors (Lipinski definition) is 1. The van der Waals surface area contributed by atoms with E-state index in [0.29, 0.717) is 4.47 Å². The molecule has 1 aromatic carbocycles. The van der Waals surface area contributed by atoms with Gasteiger partial charge >= 0.3 is 5.97 Å². The Bertz CT molecular complexity index is 565. The molecular formula is C14H19BrN2O4. The van der Waals surface area contributed by atoms with Crippen molar-refractivity contribution in [1.29, 1.82) is 0 Å². The Labute approximate surface area is 132 Å². The van der Waals surface area contributed by atoms with Gasteiger partial charge in [0, 0.05) is 10.5 Å². The predicted octanol–water partition coefficient (Wildman–Crippen LogP) is 3.89. The van der Waals surface area contributed by atoms with E-state index in [0.717, 1.165) is 0 Å². The smallest absolute Gasteiger partial charge is 0.331 e. The second-order valence-corrected chi connectivity index (χ2v) is 7.09. The van der Waals surface area contributed by atoms with Crippen LogP contribution in [-0.2, 0) is 9.53 Å². The van der Waals surface area contributed by atoms with Crippen LogP contribution in [0.15, 0.2) is 22.7 Å². The maximum Gasteiger partial charge on any atom is 0.331 e. The lowest BCUT2D eigenvalue weighted by Gasteiger charge is -2.29. The Morgan fingerprint density at radius 2 is 1.86 bits per heavy atom. The number of carbonyl (C=O) groups is 1. The van der Waals surface area contributed by atoms with Crippen LogP contribution >= 0.6 is 15.9 Å². The Morgan fingerprint density at radius 1 is 1.29 bits per heavy atom. The lowest BCUT2D eigenvalue weighted by Crippen LogP contribution is -2.44. The minimum atomic E-state index is -1.09. The second-order valence-electron chi connectivity index (χ2n) is 6.17. The highest BCUT2D eigenvalue weighted by Crippen LogP contribution is 2.30. The van der Waals surface area contributed by atoms with Gasteiger partial charge in [-0.1, -0.05) is 15.9 Å². The number of anilines is 1. The lowest BCUT2D eigenvalue weighted by molar-refractivity contribution is -0.384. The second kappa shape index (κ2) is 6.01. The fraction of sp³-hybridized carbons (Fsp3) is 0.500. The highest BCUT2D eigenvalue weighted by molar-refractivity contribution is 9.10. The average molecular weight is 359 g/mol. The van der Waals surface area contributed by atoms with Gasteiger partial charge in [0.25, 0.3) is 5.69 Å². The molecule has 0 aliphatic heterocycles. The van der Waals surface area contributed by atoms with Gasteiger partial charge in [0.1, 0.15) is 16.8 Å². The average Bonchev–Trinajstić information content (AvgIpc) is 2.28. The summed E-state index contributed by atoms with van der Waals surface area (Å²) < 4.78 is 5.91. The fourth-order valence-electron chi connectivity index (χ4n) is 1.55. The first kappa shape index (κ1) is 17.4. The molecule has 0 atom stereocenters. The van der Waals surface area contributed by atoms with Crippen LogP contribution in [0.25, 0.3) is 0 Å². The zero-order valence-corrected chi connectivity index (χ0v) is 14.3. The lowest BCUT2D eigenvalue weighted by atomic mass is 10.0. The van der Waals surface area contributed by atoms with Crippen molar-refractivity contribution in [1.82, 2.24) is 0 Å². The van der Waals surface area contributed by atoms with Crippen molar-refractivity contribution in [2.45, 2.75) is 45.8 Å². The van der Waals surface area contributed by atoms with Gasteiger partial charge in [-0.25, -0.2) is 4.79 Å². The summed E-state index contributed by atoms with van der Waals surface area (Å²) in [6.07, 6.45) is 0. The van der Waals surface area contributed by atoms with Crippen molar-refractivity contribution in [2.75, 3.05) is 5.32 Å². The number of rotatable bonds is 4. The number of esters is 1. The minimum absolute atomic E-state index is 0.110. The van der Waals surface area contributed by atoms with E-state index in [4.69, 9.17) is 4.74 Å². The zero-order valence-electron chi connectivity index (χ0n) is 12.7. The van der Waals surface area contributed by atoms with Crippen LogP contribution in [0, 0.1) is 10.1 Å². The van der Waals surface area contributed by atoms with Crippen LogP contribution in [0.2, 0.25) is 0 Å². The number of nitro benzene ring substituents is 1. The summed E-state index contributed by atoms with van der Waals surface area (Å²) in [6.45, 7) is 8.54. The molecule has 0 fully saturated rings. The van der Waals surface area contributed by atoms with E-state index in [2.05, 4.69) is 21.2 Å². The van der Waals surface area contributed by atoms with E-state index < -0.39 is 22.0 Å². The third-order valence-electron chi connectivity index (χ3n) is 2.51. The van der Waals surface area contributed by atoms with Gasteiger partial charge in [0.2, 0.25) is 0 Å². The molecule has 21 heavy (non-hydrogen) atoms. The van der Waals surface area contributed by atoms with E-state index in [1.54, 1.807) is 46.8 Å². The van der Waals surface area contributed by atoms with Crippen molar-refractivity contribution in [3.05, 3.63) is 32.8 Å². The molecule has 1 rings (SSSR count). The van der Waals surface area contributed by atoms with Crippen molar-refractivity contribution in [3.63, 3.8) is 0 Å². The van der Waals surface area contributed by atoms with Crippen LogP contribution in [0.1, 0.15) is 34.6 Å². The Morgan fingerprint density at radius 3 is 2.33 bits per heavy atom. The van der Waals surface area contributed by atoms with E-state index in [1.807, 2.05) is 0 Å². The Hall–Kier alpha value is -1.63. The summed E-state index contributed by atoms with van der Waals surface area (Å²) >= 11 is 3.19. The number of hydrogen-bond acceptors (Lipinski definition) is 5. The minimum Gasteiger partial charge on any atom is -0.458 e. The molecular weight excluding hydrogens is 340 g/mol. The number of nitrogens with zero attached hydrogens (tertiary/aromatic N) is 1. The normalized spacial score (nSPS) is 11.9. The van der Waals surface area contributed by atoms with Crippen LogP contribution in [0.3, 0.4) is 0 Å². The van der Waals surface area contributed by atoms with Gasteiger partial charge < -0.3 is 10.1 Å². The monoisotopic (exact) mass is 358 g/mol. The van der Waals surface area contributed by atoms with Gasteiger partial charge in [-0.2, -0.15) is 0 Å².